The molecule has 0 fully saturated rings. The zero-order valence-electron chi connectivity index (χ0n) is 17.7. The van der Waals surface area contributed by atoms with E-state index >= 15 is 0 Å². The highest BCUT2D eigenvalue weighted by atomic mass is 19.1. The van der Waals surface area contributed by atoms with Crippen LogP contribution in [0.1, 0.15) is 39.2 Å². The molecule has 0 saturated heterocycles. The van der Waals surface area contributed by atoms with Crippen LogP contribution in [0.3, 0.4) is 0 Å². The number of hydrogen-bond donors (Lipinski definition) is 2. The minimum Gasteiger partial charge on any atom is -0.362 e. The summed E-state index contributed by atoms with van der Waals surface area (Å²) in [6.45, 7) is 6.09. The van der Waals surface area contributed by atoms with Crippen molar-refractivity contribution in [3.8, 4) is 11.1 Å². The van der Waals surface area contributed by atoms with E-state index in [1.165, 1.54) is 6.20 Å². The molecule has 2 aromatic rings. The van der Waals surface area contributed by atoms with Crippen LogP contribution in [0, 0.1) is 5.82 Å². The quantitative estimate of drug-likeness (QED) is 0.779. The monoisotopic (exact) mass is 417 g/mol. The number of amides is 1. The van der Waals surface area contributed by atoms with Crippen LogP contribution >= 0.6 is 0 Å². The second-order valence-electron chi connectivity index (χ2n) is 8.93. The van der Waals surface area contributed by atoms with E-state index in [1.54, 1.807) is 18.5 Å². The number of pyridine rings is 1. The van der Waals surface area contributed by atoms with Crippen molar-refractivity contribution >= 4 is 5.91 Å². The smallest absolute Gasteiger partial charge is 0.250 e. The summed E-state index contributed by atoms with van der Waals surface area (Å²) in [4.78, 5) is 17.3. The predicted octanol–water partition coefficient (Wildman–Crippen LogP) is 4.37. The second-order valence-corrected chi connectivity index (χ2v) is 8.93. The summed E-state index contributed by atoms with van der Waals surface area (Å²) >= 11 is 0. The van der Waals surface area contributed by atoms with E-state index in [1.807, 2.05) is 38.1 Å². The molecule has 0 bridgehead atoms. The van der Waals surface area contributed by atoms with Crippen LogP contribution in [0.15, 0.2) is 76.0 Å². The highest BCUT2D eigenvalue weighted by molar-refractivity contribution is 6.00. The summed E-state index contributed by atoms with van der Waals surface area (Å²) in [6.07, 6.45) is 5.58. The molecule has 6 nitrogen and oxygen atoms in total. The number of hydrogen-bond acceptors (Lipinski definition) is 5. The fourth-order valence-electron chi connectivity index (χ4n) is 5.17. The summed E-state index contributed by atoms with van der Waals surface area (Å²) in [5, 5.41) is 15.2. The molecule has 4 heterocycles. The molecule has 0 saturated carbocycles. The molecule has 3 aliphatic heterocycles. The van der Waals surface area contributed by atoms with Crippen molar-refractivity contribution in [3.05, 3.63) is 77.1 Å². The van der Waals surface area contributed by atoms with E-state index in [4.69, 9.17) is 0 Å². The molecular weight excluding hydrogens is 393 g/mol. The van der Waals surface area contributed by atoms with Gasteiger partial charge in [-0.1, -0.05) is 25.1 Å². The average molecular weight is 417 g/mol. The van der Waals surface area contributed by atoms with Crippen LogP contribution in [0.5, 0.6) is 0 Å². The van der Waals surface area contributed by atoms with Gasteiger partial charge in [-0.05, 0) is 43.5 Å². The van der Waals surface area contributed by atoms with Gasteiger partial charge in [-0.15, -0.1) is 0 Å². The number of nitrogens with one attached hydrogen (secondary N) is 2. The Kier molecular flexibility index (Phi) is 4.32. The van der Waals surface area contributed by atoms with Gasteiger partial charge >= 0.3 is 0 Å². The van der Waals surface area contributed by atoms with Crippen LogP contribution in [0.2, 0.25) is 0 Å². The summed E-state index contributed by atoms with van der Waals surface area (Å²) in [6, 6.07) is 9.43. The first-order valence-electron chi connectivity index (χ1n) is 10.5. The number of aromatic nitrogens is 1. The third-order valence-corrected chi connectivity index (χ3v) is 6.47. The lowest BCUT2D eigenvalue weighted by Crippen LogP contribution is -2.58. The van der Waals surface area contributed by atoms with Crippen molar-refractivity contribution in [2.45, 2.75) is 50.7 Å². The zero-order valence-corrected chi connectivity index (χ0v) is 17.7. The Morgan fingerprint density at radius 3 is 2.87 bits per heavy atom. The van der Waals surface area contributed by atoms with Crippen molar-refractivity contribution in [2.75, 3.05) is 0 Å². The number of carbonyl (C=O) groups excluding carboxylic acids is 1. The number of carbonyl (C=O) groups is 1. The SMILES string of the molecule is CC[C@]1(c2cccc(-c3ccncc3F)c2)C2=CN=NC2NC2=C1C(=O)NC(C)(C)C2. The molecule has 0 aliphatic carbocycles. The third-order valence-electron chi connectivity index (χ3n) is 6.47. The normalized spacial score (nSPS) is 26.0. The van der Waals surface area contributed by atoms with Gasteiger partial charge in [-0.25, -0.2) is 4.39 Å². The average Bonchev–Trinajstić information content (AvgIpc) is 3.20. The first-order valence-corrected chi connectivity index (χ1v) is 10.5. The van der Waals surface area contributed by atoms with Gasteiger partial charge in [0.05, 0.1) is 23.4 Å². The van der Waals surface area contributed by atoms with Crippen molar-refractivity contribution in [1.82, 2.24) is 15.6 Å². The maximum absolute atomic E-state index is 14.5. The Labute approximate surface area is 180 Å². The Morgan fingerprint density at radius 1 is 1.26 bits per heavy atom. The number of benzene rings is 1. The van der Waals surface area contributed by atoms with E-state index in [-0.39, 0.29) is 23.4 Å². The van der Waals surface area contributed by atoms with Crippen LogP contribution in [-0.2, 0) is 10.2 Å². The summed E-state index contributed by atoms with van der Waals surface area (Å²) in [5.41, 5.74) is 3.64. The molecule has 1 aromatic heterocycles. The Hall–Kier alpha value is -3.35. The van der Waals surface area contributed by atoms with Crippen molar-refractivity contribution < 1.29 is 9.18 Å². The number of fused-ring (bicyclic) bond motifs is 1. The second kappa shape index (κ2) is 6.83. The zero-order chi connectivity index (χ0) is 21.8. The summed E-state index contributed by atoms with van der Waals surface area (Å²) in [5.74, 6) is -0.470. The number of azo groups is 1. The lowest BCUT2D eigenvalue weighted by Gasteiger charge is -2.48. The van der Waals surface area contributed by atoms with Crippen LogP contribution in [0.25, 0.3) is 11.1 Å². The Morgan fingerprint density at radius 2 is 2.10 bits per heavy atom. The molecule has 1 aromatic carbocycles. The lowest BCUT2D eigenvalue weighted by atomic mass is 9.62. The van der Waals surface area contributed by atoms with Crippen LogP contribution < -0.4 is 10.6 Å². The minimum atomic E-state index is -0.700. The molecule has 31 heavy (non-hydrogen) atoms. The summed E-state index contributed by atoms with van der Waals surface area (Å²) < 4.78 is 14.5. The van der Waals surface area contributed by atoms with E-state index in [2.05, 4.69) is 32.8 Å². The maximum atomic E-state index is 14.5. The fourth-order valence-corrected chi connectivity index (χ4v) is 5.17. The van der Waals surface area contributed by atoms with Gasteiger partial charge in [0.2, 0.25) is 0 Å². The Bertz CT molecular complexity index is 1180. The topological polar surface area (TPSA) is 78.7 Å². The summed E-state index contributed by atoms with van der Waals surface area (Å²) in [7, 11) is 0. The van der Waals surface area contributed by atoms with Crippen molar-refractivity contribution in [3.63, 3.8) is 0 Å². The molecular formula is C24H24FN5O. The van der Waals surface area contributed by atoms with E-state index in [9.17, 15) is 9.18 Å². The number of halogens is 1. The van der Waals surface area contributed by atoms with Gasteiger partial charge in [0.25, 0.3) is 5.91 Å². The van der Waals surface area contributed by atoms with Crippen molar-refractivity contribution in [2.24, 2.45) is 10.2 Å². The molecule has 3 aliphatic rings. The van der Waals surface area contributed by atoms with E-state index in [0.29, 0.717) is 24.0 Å². The molecule has 2 atom stereocenters. The van der Waals surface area contributed by atoms with Gasteiger partial charge in [0.1, 0.15) is 5.82 Å². The molecule has 1 amide bonds. The highest BCUT2D eigenvalue weighted by Gasteiger charge is 2.53. The molecule has 5 rings (SSSR count). The van der Waals surface area contributed by atoms with Crippen molar-refractivity contribution in [1.29, 1.82) is 0 Å². The molecule has 7 heteroatoms. The first kappa shape index (κ1) is 19.6. The van der Waals surface area contributed by atoms with Gasteiger partial charge in [0, 0.05) is 35.0 Å². The molecule has 0 spiro atoms. The standard InChI is InChI=1S/C24H24FN5O/c1-4-24(15-7-5-6-14(10-15)16-8-9-26-13-18(16)25)17-12-27-30-21(17)28-19-11-23(2,3)29-22(31)20(19)24/h5-10,12-13,21,28H,4,11H2,1-3H3,(H,29,31)/t21?,24-/m0/s1. The number of rotatable bonds is 3. The van der Waals surface area contributed by atoms with E-state index in [0.717, 1.165) is 22.4 Å². The first-order chi connectivity index (χ1) is 14.9. The predicted molar refractivity (Wildman–Crippen MR) is 115 cm³/mol. The van der Waals surface area contributed by atoms with Gasteiger partial charge in [-0.3, -0.25) is 9.78 Å². The minimum absolute atomic E-state index is 0.0904. The third kappa shape index (κ3) is 2.91. The number of nitrogens with zero attached hydrogens (tertiary/aromatic N) is 3. The van der Waals surface area contributed by atoms with Crippen LogP contribution in [0.4, 0.5) is 4.39 Å². The molecule has 1 unspecified atom stereocenters. The molecule has 158 valence electrons. The molecule has 2 N–H and O–H groups in total. The molecule has 0 radical (unpaired) electrons. The Balaban J connectivity index is 1.75. The van der Waals surface area contributed by atoms with Gasteiger partial charge in [0.15, 0.2) is 6.17 Å². The fraction of sp³-hybridized carbons (Fsp3) is 0.333. The van der Waals surface area contributed by atoms with Gasteiger partial charge < -0.3 is 10.6 Å². The highest BCUT2D eigenvalue weighted by Crippen LogP contribution is 2.51. The van der Waals surface area contributed by atoms with Crippen LogP contribution in [-0.4, -0.2) is 22.6 Å². The maximum Gasteiger partial charge on any atom is 0.250 e. The van der Waals surface area contributed by atoms with E-state index < -0.39 is 5.41 Å². The lowest BCUT2D eigenvalue weighted by molar-refractivity contribution is -0.120. The van der Waals surface area contributed by atoms with Gasteiger partial charge in [-0.2, -0.15) is 10.2 Å². The largest absolute Gasteiger partial charge is 0.362 e.